The standard InChI is InChI=1S/C23H31BrN4OS/c1-27(19-8-4-2-5-9-19)21(29)16-30-23-26-25-22(17-12-14-18(24)15-13-17)28(23)20-10-6-3-7-11-20/h12-15,19-20H,2-11,16H2,1H3. The average molecular weight is 491 g/mol. The molecule has 0 spiro atoms. The molecule has 0 aliphatic heterocycles. The second kappa shape index (κ2) is 10.3. The Kier molecular flexibility index (Phi) is 7.52. The van der Waals surface area contributed by atoms with Crippen LogP contribution in [0.2, 0.25) is 0 Å². The van der Waals surface area contributed by atoms with Gasteiger partial charge in [-0.05, 0) is 37.8 Å². The van der Waals surface area contributed by atoms with E-state index in [0.717, 1.165) is 46.7 Å². The highest BCUT2D eigenvalue weighted by atomic mass is 79.9. The number of amides is 1. The first-order valence-corrected chi connectivity index (χ1v) is 13.0. The fourth-order valence-electron chi connectivity index (χ4n) is 4.74. The van der Waals surface area contributed by atoms with Crippen LogP contribution in [0.1, 0.15) is 70.3 Å². The Bertz CT molecular complexity index is 841. The summed E-state index contributed by atoms with van der Waals surface area (Å²) in [6.45, 7) is 0. The van der Waals surface area contributed by atoms with Gasteiger partial charge >= 0.3 is 0 Å². The van der Waals surface area contributed by atoms with E-state index in [1.165, 1.54) is 38.5 Å². The van der Waals surface area contributed by atoms with Gasteiger partial charge in [0.05, 0.1) is 5.75 Å². The van der Waals surface area contributed by atoms with Gasteiger partial charge in [0.25, 0.3) is 0 Å². The van der Waals surface area contributed by atoms with Crippen molar-refractivity contribution < 1.29 is 4.79 Å². The fraction of sp³-hybridized carbons (Fsp3) is 0.609. The van der Waals surface area contributed by atoms with E-state index in [4.69, 9.17) is 0 Å². The maximum absolute atomic E-state index is 12.9. The van der Waals surface area contributed by atoms with Crippen LogP contribution in [0.25, 0.3) is 11.4 Å². The summed E-state index contributed by atoms with van der Waals surface area (Å²) in [6, 6.07) is 9.09. The number of carbonyl (C=O) groups is 1. The average Bonchev–Trinajstić information content (AvgIpc) is 3.22. The minimum atomic E-state index is 0.204. The minimum Gasteiger partial charge on any atom is -0.342 e. The van der Waals surface area contributed by atoms with Crippen LogP contribution in [0.15, 0.2) is 33.9 Å². The van der Waals surface area contributed by atoms with Crippen LogP contribution in [0.3, 0.4) is 0 Å². The van der Waals surface area contributed by atoms with Crippen LogP contribution in [-0.2, 0) is 4.79 Å². The molecule has 162 valence electrons. The molecular formula is C23H31BrN4OS. The fourth-order valence-corrected chi connectivity index (χ4v) is 5.93. The van der Waals surface area contributed by atoms with E-state index in [0.29, 0.717) is 17.8 Å². The molecule has 0 atom stereocenters. The largest absolute Gasteiger partial charge is 0.342 e. The molecular weight excluding hydrogens is 460 g/mol. The molecule has 30 heavy (non-hydrogen) atoms. The molecule has 0 unspecified atom stereocenters. The van der Waals surface area contributed by atoms with E-state index in [-0.39, 0.29) is 5.91 Å². The van der Waals surface area contributed by atoms with Crippen LogP contribution in [0, 0.1) is 0 Å². The van der Waals surface area contributed by atoms with Crippen molar-refractivity contribution in [3.05, 3.63) is 28.7 Å². The molecule has 2 fully saturated rings. The Hall–Kier alpha value is -1.34. The van der Waals surface area contributed by atoms with Gasteiger partial charge in [0.2, 0.25) is 5.91 Å². The highest BCUT2D eigenvalue weighted by Crippen LogP contribution is 2.36. The lowest BCUT2D eigenvalue weighted by Crippen LogP contribution is -2.39. The van der Waals surface area contributed by atoms with Crippen molar-refractivity contribution >= 4 is 33.6 Å². The highest BCUT2D eigenvalue weighted by Gasteiger charge is 2.26. The van der Waals surface area contributed by atoms with Gasteiger partial charge in [-0.25, -0.2) is 0 Å². The lowest BCUT2D eigenvalue weighted by atomic mass is 9.94. The molecule has 2 aromatic rings. The number of halogens is 1. The van der Waals surface area contributed by atoms with Gasteiger partial charge in [-0.1, -0.05) is 78.3 Å². The number of benzene rings is 1. The number of rotatable bonds is 6. The molecule has 2 aliphatic rings. The third-order valence-corrected chi connectivity index (χ3v) is 8.00. The molecule has 0 radical (unpaired) electrons. The lowest BCUT2D eigenvalue weighted by molar-refractivity contribution is -0.129. The minimum absolute atomic E-state index is 0.204. The van der Waals surface area contributed by atoms with Crippen molar-refractivity contribution in [2.75, 3.05) is 12.8 Å². The summed E-state index contributed by atoms with van der Waals surface area (Å²) in [4.78, 5) is 14.8. The Morgan fingerprint density at radius 1 is 1.03 bits per heavy atom. The van der Waals surface area contributed by atoms with Gasteiger partial charge in [0, 0.05) is 29.2 Å². The van der Waals surface area contributed by atoms with Gasteiger partial charge in [0.1, 0.15) is 0 Å². The third kappa shape index (κ3) is 5.10. The zero-order chi connectivity index (χ0) is 20.9. The van der Waals surface area contributed by atoms with Crippen LogP contribution in [0.5, 0.6) is 0 Å². The van der Waals surface area contributed by atoms with E-state index in [1.807, 2.05) is 24.1 Å². The summed E-state index contributed by atoms with van der Waals surface area (Å²) in [5.74, 6) is 1.55. The topological polar surface area (TPSA) is 51.0 Å². The predicted octanol–water partition coefficient (Wildman–Crippen LogP) is 6.10. The zero-order valence-corrected chi connectivity index (χ0v) is 20.1. The molecule has 1 aromatic carbocycles. The first-order valence-electron chi connectivity index (χ1n) is 11.2. The van der Waals surface area contributed by atoms with Crippen LogP contribution < -0.4 is 0 Å². The van der Waals surface area contributed by atoms with Crippen molar-refractivity contribution in [2.24, 2.45) is 0 Å². The van der Waals surface area contributed by atoms with Gasteiger partial charge in [0.15, 0.2) is 11.0 Å². The molecule has 1 heterocycles. The Labute approximate surface area is 192 Å². The zero-order valence-electron chi connectivity index (χ0n) is 17.7. The van der Waals surface area contributed by atoms with Crippen molar-refractivity contribution in [3.63, 3.8) is 0 Å². The Morgan fingerprint density at radius 3 is 2.33 bits per heavy atom. The summed E-state index contributed by atoms with van der Waals surface area (Å²) in [5, 5.41) is 9.96. The first kappa shape index (κ1) is 21.9. The van der Waals surface area contributed by atoms with E-state index in [1.54, 1.807) is 11.8 Å². The van der Waals surface area contributed by atoms with Gasteiger partial charge in [-0.15, -0.1) is 10.2 Å². The third-order valence-electron chi connectivity index (χ3n) is 6.55. The van der Waals surface area contributed by atoms with Gasteiger partial charge in [-0.2, -0.15) is 0 Å². The normalized spacial score (nSPS) is 18.5. The van der Waals surface area contributed by atoms with Crippen molar-refractivity contribution in [1.82, 2.24) is 19.7 Å². The molecule has 1 amide bonds. The number of aromatic nitrogens is 3. The number of nitrogens with zero attached hydrogens (tertiary/aromatic N) is 4. The number of carbonyl (C=O) groups excluding carboxylic acids is 1. The number of hydrogen-bond donors (Lipinski definition) is 0. The molecule has 5 nitrogen and oxygen atoms in total. The SMILES string of the molecule is CN(C(=O)CSc1nnc(-c2ccc(Br)cc2)n1C1CCCCC1)C1CCCCC1. The van der Waals surface area contributed by atoms with Crippen molar-refractivity contribution in [3.8, 4) is 11.4 Å². The van der Waals surface area contributed by atoms with E-state index >= 15 is 0 Å². The molecule has 2 saturated carbocycles. The lowest BCUT2D eigenvalue weighted by Gasteiger charge is -2.31. The first-order chi connectivity index (χ1) is 14.6. The Morgan fingerprint density at radius 2 is 1.67 bits per heavy atom. The molecule has 0 saturated heterocycles. The van der Waals surface area contributed by atoms with Gasteiger partial charge in [-0.3, -0.25) is 9.36 Å². The summed E-state index contributed by atoms with van der Waals surface area (Å²) in [5.41, 5.74) is 1.08. The van der Waals surface area contributed by atoms with Crippen molar-refractivity contribution in [1.29, 1.82) is 0 Å². The molecule has 4 rings (SSSR count). The van der Waals surface area contributed by atoms with E-state index < -0.39 is 0 Å². The highest BCUT2D eigenvalue weighted by molar-refractivity contribution is 9.10. The Balaban J connectivity index is 1.52. The quantitative estimate of drug-likeness (QED) is 0.459. The number of thioether (sulfide) groups is 1. The number of hydrogen-bond acceptors (Lipinski definition) is 4. The smallest absolute Gasteiger partial charge is 0.233 e. The van der Waals surface area contributed by atoms with E-state index in [9.17, 15) is 4.79 Å². The summed E-state index contributed by atoms with van der Waals surface area (Å²) in [6.07, 6.45) is 12.2. The molecule has 1 aromatic heterocycles. The predicted molar refractivity (Wildman–Crippen MR) is 126 cm³/mol. The van der Waals surface area contributed by atoms with Crippen LogP contribution in [0.4, 0.5) is 0 Å². The van der Waals surface area contributed by atoms with Crippen molar-refractivity contribution in [2.45, 2.75) is 81.4 Å². The summed E-state index contributed by atoms with van der Waals surface area (Å²) < 4.78 is 3.36. The maximum Gasteiger partial charge on any atom is 0.233 e. The van der Waals surface area contributed by atoms with Crippen LogP contribution in [-0.4, -0.2) is 44.4 Å². The molecule has 7 heteroatoms. The van der Waals surface area contributed by atoms with Crippen LogP contribution >= 0.6 is 27.7 Å². The monoisotopic (exact) mass is 490 g/mol. The molecule has 0 N–H and O–H groups in total. The second-order valence-electron chi connectivity index (χ2n) is 8.56. The van der Waals surface area contributed by atoms with Gasteiger partial charge < -0.3 is 4.90 Å². The summed E-state index contributed by atoms with van der Waals surface area (Å²) in [7, 11) is 1.97. The molecule has 2 aliphatic carbocycles. The second-order valence-corrected chi connectivity index (χ2v) is 10.4. The molecule has 0 bridgehead atoms. The van der Waals surface area contributed by atoms with E-state index in [2.05, 4.69) is 42.8 Å². The summed E-state index contributed by atoms with van der Waals surface area (Å²) >= 11 is 5.06. The maximum atomic E-state index is 12.9.